The van der Waals surface area contributed by atoms with Gasteiger partial charge in [-0.3, -0.25) is 4.79 Å². The molecule has 7 heteroatoms. The smallest absolute Gasteiger partial charge is 0.259 e. The lowest BCUT2D eigenvalue weighted by Gasteiger charge is -2.34. The summed E-state index contributed by atoms with van der Waals surface area (Å²) in [5, 5.41) is 18.7. The molecule has 0 spiro atoms. The minimum Gasteiger partial charge on any atom is -0.506 e. The number of ether oxygens (including phenoxy) is 1. The van der Waals surface area contributed by atoms with Gasteiger partial charge in [0, 0.05) is 17.6 Å². The fourth-order valence-corrected chi connectivity index (χ4v) is 4.72. The molecule has 0 bridgehead atoms. The topological polar surface area (TPSA) is 96.6 Å². The van der Waals surface area contributed by atoms with Gasteiger partial charge in [0.15, 0.2) is 0 Å². The summed E-state index contributed by atoms with van der Waals surface area (Å²) < 4.78 is 6.08. The number of phenolic OH excluding ortho intramolecular Hbond substituents is 1. The summed E-state index contributed by atoms with van der Waals surface area (Å²) in [4.78, 5) is 13.1. The SMILES string of the molecule is CC(C)(CN)CC(C)(C)CNCCCOc1cc2ccccc2cc1C(=O)Nc1ccc(Cl)cc1O. The molecular formula is C29H38ClN3O3. The zero-order valence-electron chi connectivity index (χ0n) is 21.7. The molecule has 0 heterocycles. The Balaban J connectivity index is 1.63. The minimum atomic E-state index is -0.365. The van der Waals surface area contributed by atoms with Crippen molar-refractivity contribution in [1.29, 1.82) is 0 Å². The first kappa shape index (κ1) is 27.8. The molecule has 6 nitrogen and oxygen atoms in total. The van der Waals surface area contributed by atoms with Gasteiger partial charge >= 0.3 is 0 Å². The van der Waals surface area contributed by atoms with Crippen LogP contribution in [0.5, 0.6) is 11.5 Å². The van der Waals surface area contributed by atoms with Gasteiger partial charge < -0.3 is 26.2 Å². The number of benzene rings is 3. The zero-order chi connectivity index (χ0) is 26.3. The lowest BCUT2D eigenvalue weighted by Crippen LogP contribution is -2.37. The molecule has 0 aliphatic carbocycles. The Labute approximate surface area is 219 Å². The van der Waals surface area contributed by atoms with Crippen LogP contribution in [-0.4, -0.2) is 37.3 Å². The van der Waals surface area contributed by atoms with Crippen molar-refractivity contribution in [3.05, 3.63) is 65.2 Å². The number of hydrogen-bond acceptors (Lipinski definition) is 5. The molecule has 0 radical (unpaired) electrons. The van der Waals surface area contributed by atoms with E-state index in [9.17, 15) is 9.90 Å². The molecule has 36 heavy (non-hydrogen) atoms. The van der Waals surface area contributed by atoms with Gasteiger partial charge in [-0.2, -0.15) is 0 Å². The van der Waals surface area contributed by atoms with Crippen molar-refractivity contribution in [2.24, 2.45) is 16.6 Å². The number of carbonyl (C=O) groups excluding carboxylic acids is 1. The van der Waals surface area contributed by atoms with Gasteiger partial charge in [-0.25, -0.2) is 0 Å². The average molecular weight is 512 g/mol. The van der Waals surface area contributed by atoms with E-state index in [1.54, 1.807) is 12.1 Å². The number of carbonyl (C=O) groups is 1. The van der Waals surface area contributed by atoms with Crippen LogP contribution >= 0.6 is 11.6 Å². The van der Waals surface area contributed by atoms with Gasteiger partial charge in [0.25, 0.3) is 5.91 Å². The quantitative estimate of drug-likeness (QED) is 0.171. The Morgan fingerprint density at radius 2 is 1.72 bits per heavy atom. The number of halogens is 1. The summed E-state index contributed by atoms with van der Waals surface area (Å²) in [6.45, 7) is 11.8. The van der Waals surface area contributed by atoms with Crippen molar-refractivity contribution in [2.45, 2.75) is 40.5 Å². The molecule has 0 atom stereocenters. The third-order valence-electron chi connectivity index (χ3n) is 6.17. The highest BCUT2D eigenvalue weighted by Gasteiger charge is 2.27. The minimum absolute atomic E-state index is 0.0945. The monoisotopic (exact) mass is 511 g/mol. The van der Waals surface area contributed by atoms with E-state index in [1.807, 2.05) is 36.4 Å². The van der Waals surface area contributed by atoms with E-state index in [4.69, 9.17) is 22.1 Å². The second-order valence-electron chi connectivity index (χ2n) is 10.9. The lowest BCUT2D eigenvalue weighted by atomic mass is 9.75. The number of anilines is 1. The van der Waals surface area contributed by atoms with Crippen LogP contribution in [0, 0.1) is 10.8 Å². The number of nitrogens with two attached hydrogens (primary N) is 1. The zero-order valence-corrected chi connectivity index (χ0v) is 22.4. The molecule has 194 valence electrons. The third-order valence-corrected chi connectivity index (χ3v) is 6.40. The average Bonchev–Trinajstić information content (AvgIpc) is 2.81. The Kier molecular flexibility index (Phi) is 9.23. The van der Waals surface area contributed by atoms with Crippen molar-refractivity contribution in [3.63, 3.8) is 0 Å². The van der Waals surface area contributed by atoms with Crippen LogP contribution in [0.2, 0.25) is 5.02 Å². The van der Waals surface area contributed by atoms with E-state index in [0.29, 0.717) is 29.5 Å². The standard InChI is InChI=1S/C29H38ClN3O3/c1-28(2,18-31)17-29(3,4)19-32-12-7-13-36-26-15-21-9-6-5-8-20(21)14-23(26)27(35)33-24-11-10-22(30)16-25(24)34/h5-6,8-11,14-16,32,34H,7,12-13,17-19,31H2,1-4H3,(H,33,35). The molecule has 0 aromatic heterocycles. The lowest BCUT2D eigenvalue weighted by molar-refractivity contribution is 0.102. The van der Waals surface area contributed by atoms with E-state index in [-0.39, 0.29) is 28.2 Å². The van der Waals surface area contributed by atoms with Gasteiger partial charge in [-0.15, -0.1) is 0 Å². The summed E-state index contributed by atoms with van der Waals surface area (Å²) in [6.07, 6.45) is 1.83. The molecule has 0 saturated carbocycles. The first-order chi connectivity index (χ1) is 17.0. The Morgan fingerprint density at radius 1 is 1.03 bits per heavy atom. The molecule has 0 saturated heterocycles. The molecule has 0 fully saturated rings. The molecule has 3 aromatic rings. The van der Waals surface area contributed by atoms with E-state index in [2.05, 4.69) is 38.3 Å². The Bertz CT molecular complexity index is 1190. The number of hydrogen-bond donors (Lipinski definition) is 4. The van der Waals surface area contributed by atoms with Crippen molar-refractivity contribution >= 4 is 34.0 Å². The molecular weight excluding hydrogens is 474 g/mol. The summed E-state index contributed by atoms with van der Waals surface area (Å²) in [6, 6.07) is 16.1. The number of fused-ring (bicyclic) bond motifs is 1. The van der Waals surface area contributed by atoms with Gasteiger partial charge in [0.2, 0.25) is 0 Å². The third kappa shape index (κ3) is 7.85. The predicted octanol–water partition coefficient (Wildman–Crippen LogP) is 6.21. The van der Waals surface area contributed by atoms with Crippen LogP contribution in [0.4, 0.5) is 5.69 Å². The van der Waals surface area contributed by atoms with Crippen LogP contribution in [-0.2, 0) is 0 Å². The van der Waals surface area contributed by atoms with Gasteiger partial charge in [0.1, 0.15) is 11.5 Å². The highest BCUT2D eigenvalue weighted by atomic mass is 35.5. The summed E-state index contributed by atoms with van der Waals surface area (Å²) in [5.74, 6) is 0.0448. The van der Waals surface area contributed by atoms with E-state index in [0.717, 1.165) is 36.7 Å². The second-order valence-corrected chi connectivity index (χ2v) is 11.3. The van der Waals surface area contributed by atoms with Crippen molar-refractivity contribution in [2.75, 3.05) is 31.6 Å². The van der Waals surface area contributed by atoms with Crippen LogP contribution < -0.4 is 21.1 Å². The highest BCUT2D eigenvalue weighted by molar-refractivity contribution is 6.30. The Morgan fingerprint density at radius 3 is 2.39 bits per heavy atom. The fourth-order valence-electron chi connectivity index (χ4n) is 4.55. The second kappa shape index (κ2) is 12.0. The van der Waals surface area contributed by atoms with Gasteiger partial charge in [-0.05, 0) is 71.8 Å². The number of aromatic hydroxyl groups is 1. The molecule has 0 aliphatic rings. The van der Waals surface area contributed by atoms with Crippen LogP contribution in [0.1, 0.15) is 50.9 Å². The molecule has 1 amide bonds. The number of phenols is 1. The van der Waals surface area contributed by atoms with Crippen LogP contribution in [0.25, 0.3) is 10.8 Å². The first-order valence-corrected chi connectivity index (χ1v) is 12.7. The number of nitrogens with one attached hydrogen (secondary N) is 2. The summed E-state index contributed by atoms with van der Waals surface area (Å²) in [5.41, 5.74) is 6.85. The maximum absolute atomic E-state index is 13.1. The van der Waals surface area contributed by atoms with Gasteiger partial charge in [0.05, 0.1) is 17.9 Å². The van der Waals surface area contributed by atoms with Crippen molar-refractivity contribution in [1.82, 2.24) is 5.32 Å². The molecule has 3 rings (SSSR count). The molecule has 3 aromatic carbocycles. The van der Waals surface area contributed by atoms with Crippen molar-refractivity contribution in [3.8, 4) is 11.5 Å². The predicted molar refractivity (Wildman–Crippen MR) is 149 cm³/mol. The van der Waals surface area contributed by atoms with Crippen LogP contribution in [0.3, 0.4) is 0 Å². The largest absolute Gasteiger partial charge is 0.506 e. The molecule has 5 N–H and O–H groups in total. The maximum Gasteiger partial charge on any atom is 0.259 e. The highest BCUT2D eigenvalue weighted by Crippen LogP contribution is 2.33. The van der Waals surface area contributed by atoms with E-state index < -0.39 is 0 Å². The summed E-state index contributed by atoms with van der Waals surface area (Å²) in [7, 11) is 0. The van der Waals surface area contributed by atoms with Gasteiger partial charge in [-0.1, -0.05) is 63.6 Å². The fraction of sp³-hybridized carbons (Fsp3) is 0.414. The Hall–Kier alpha value is -2.80. The molecule has 0 aliphatic heterocycles. The molecule has 0 unspecified atom stereocenters. The normalized spacial score (nSPS) is 12.1. The first-order valence-electron chi connectivity index (χ1n) is 12.4. The van der Waals surface area contributed by atoms with Crippen molar-refractivity contribution < 1.29 is 14.6 Å². The number of rotatable bonds is 12. The van der Waals surface area contributed by atoms with E-state index in [1.165, 1.54) is 6.07 Å². The summed E-state index contributed by atoms with van der Waals surface area (Å²) >= 11 is 5.91. The van der Waals surface area contributed by atoms with E-state index >= 15 is 0 Å². The van der Waals surface area contributed by atoms with Crippen LogP contribution in [0.15, 0.2) is 54.6 Å². The maximum atomic E-state index is 13.1. The number of amides is 1.